The lowest BCUT2D eigenvalue weighted by atomic mass is 9.96. The number of benzene rings is 1. The Morgan fingerprint density at radius 1 is 1.26 bits per heavy atom. The van der Waals surface area contributed by atoms with Crippen LogP contribution in [0.3, 0.4) is 0 Å². The third kappa shape index (κ3) is 2.34. The Morgan fingerprint density at radius 3 is 3.05 bits per heavy atom. The van der Waals surface area contributed by atoms with Crippen LogP contribution < -0.4 is 5.32 Å². The van der Waals surface area contributed by atoms with Gasteiger partial charge in [0, 0.05) is 35.0 Å². The maximum atomic E-state index is 11.7. The third-order valence-electron chi connectivity index (χ3n) is 3.50. The van der Waals surface area contributed by atoms with Crippen molar-refractivity contribution in [2.45, 2.75) is 26.2 Å². The molecule has 0 aliphatic heterocycles. The normalized spacial score (nSPS) is 15.9. The average molecular weight is 253 g/mol. The first-order valence-electron chi connectivity index (χ1n) is 6.44. The van der Waals surface area contributed by atoms with Crippen molar-refractivity contribution in [2.75, 3.05) is 5.32 Å². The summed E-state index contributed by atoms with van der Waals surface area (Å²) >= 11 is 0. The van der Waals surface area contributed by atoms with Crippen LogP contribution in [0.5, 0.6) is 0 Å². The lowest BCUT2D eigenvalue weighted by Gasteiger charge is -2.18. The molecule has 0 unspecified atom stereocenters. The fraction of sp³-hybridized carbons (Fsp3) is 0.267. The zero-order valence-electron chi connectivity index (χ0n) is 10.8. The highest BCUT2D eigenvalue weighted by Crippen LogP contribution is 2.25. The van der Waals surface area contributed by atoms with E-state index < -0.39 is 0 Å². The van der Waals surface area contributed by atoms with E-state index in [1.807, 2.05) is 25.1 Å². The number of aromatic nitrogens is 2. The van der Waals surface area contributed by atoms with Crippen LogP contribution in [0, 0.1) is 0 Å². The zero-order chi connectivity index (χ0) is 13.2. The monoisotopic (exact) mass is 253 g/mol. The maximum Gasteiger partial charge on any atom is 0.160 e. The highest BCUT2D eigenvalue weighted by atomic mass is 16.1. The lowest BCUT2D eigenvalue weighted by Crippen LogP contribution is -2.14. The van der Waals surface area contributed by atoms with Crippen LogP contribution in [-0.4, -0.2) is 15.8 Å². The van der Waals surface area contributed by atoms with E-state index in [9.17, 15) is 4.79 Å². The topological polar surface area (TPSA) is 54.9 Å². The molecule has 1 aliphatic carbocycles. The van der Waals surface area contributed by atoms with Crippen molar-refractivity contribution >= 4 is 22.4 Å². The molecule has 0 saturated carbocycles. The molecule has 0 amide bonds. The molecule has 1 heterocycles. The van der Waals surface area contributed by atoms with Crippen LogP contribution in [0.4, 0.5) is 5.69 Å². The van der Waals surface area contributed by atoms with Crippen LogP contribution in [0.25, 0.3) is 10.9 Å². The zero-order valence-corrected chi connectivity index (χ0v) is 10.8. The summed E-state index contributed by atoms with van der Waals surface area (Å²) in [6.45, 7) is 1.90. The number of carbonyl (C=O) groups is 1. The van der Waals surface area contributed by atoms with E-state index in [1.54, 1.807) is 12.5 Å². The van der Waals surface area contributed by atoms with Gasteiger partial charge in [0.25, 0.3) is 0 Å². The van der Waals surface area contributed by atoms with E-state index >= 15 is 0 Å². The smallest absolute Gasteiger partial charge is 0.160 e. The molecular formula is C15H15N3O. The van der Waals surface area contributed by atoms with Crippen LogP contribution in [0.1, 0.15) is 26.2 Å². The number of nitrogens with one attached hydrogen (secondary N) is 1. The maximum absolute atomic E-state index is 11.7. The molecule has 0 bridgehead atoms. The number of hydrogen-bond donors (Lipinski definition) is 1. The standard InChI is InChI=1S/C15H15N3O/c1-10-13(3-2-4-15(10)19)18-12-5-6-14-11(7-12)8-16-9-17-14/h5-9,18H,2-4H2,1H3. The molecule has 19 heavy (non-hydrogen) atoms. The van der Waals surface area contributed by atoms with Gasteiger partial charge in [-0.15, -0.1) is 0 Å². The van der Waals surface area contributed by atoms with Crippen molar-refractivity contribution in [3.8, 4) is 0 Å². The predicted octanol–water partition coefficient (Wildman–Crippen LogP) is 3.07. The first kappa shape index (κ1) is 11.8. The second kappa shape index (κ2) is 4.80. The number of nitrogens with zero attached hydrogens (tertiary/aromatic N) is 2. The number of carbonyl (C=O) groups excluding carboxylic acids is 1. The van der Waals surface area contributed by atoms with Crippen molar-refractivity contribution in [3.05, 3.63) is 42.0 Å². The third-order valence-corrected chi connectivity index (χ3v) is 3.50. The van der Waals surface area contributed by atoms with Crippen molar-refractivity contribution < 1.29 is 4.79 Å². The SMILES string of the molecule is CC1=C(Nc2ccc3ncncc3c2)CCCC1=O. The van der Waals surface area contributed by atoms with E-state index in [2.05, 4.69) is 15.3 Å². The summed E-state index contributed by atoms with van der Waals surface area (Å²) in [5.74, 6) is 0.248. The molecule has 0 atom stereocenters. The van der Waals surface area contributed by atoms with Crippen molar-refractivity contribution in [1.29, 1.82) is 0 Å². The van der Waals surface area contributed by atoms with Gasteiger partial charge in [0.1, 0.15) is 6.33 Å². The van der Waals surface area contributed by atoms with Gasteiger partial charge in [-0.2, -0.15) is 0 Å². The molecule has 4 heteroatoms. The van der Waals surface area contributed by atoms with E-state index in [0.29, 0.717) is 6.42 Å². The minimum atomic E-state index is 0.248. The van der Waals surface area contributed by atoms with Gasteiger partial charge in [0.05, 0.1) is 5.52 Å². The number of anilines is 1. The minimum absolute atomic E-state index is 0.248. The highest BCUT2D eigenvalue weighted by molar-refractivity contribution is 5.97. The van der Waals surface area contributed by atoms with Crippen LogP contribution in [0.15, 0.2) is 42.0 Å². The summed E-state index contributed by atoms with van der Waals surface area (Å²) in [6, 6.07) is 5.95. The van der Waals surface area contributed by atoms with E-state index in [0.717, 1.165) is 40.7 Å². The Kier molecular flexibility index (Phi) is 2.99. The average Bonchev–Trinajstić information content (AvgIpc) is 2.44. The number of rotatable bonds is 2. The molecule has 0 fully saturated rings. The van der Waals surface area contributed by atoms with Gasteiger partial charge in [0.15, 0.2) is 5.78 Å². The lowest BCUT2D eigenvalue weighted by molar-refractivity contribution is -0.116. The van der Waals surface area contributed by atoms with Crippen LogP contribution in [0.2, 0.25) is 0 Å². The molecule has 4 nitrogen and oxygen atoms in total. The quantitative estimate of drug-likeness (QED) is 0.893. The summed E-state index contributed by atoms with van der Waals surface area (Å²) < 4.78 is 0. The molecule has 0 spiro atoms. The Bertz CT molecular complexity index is 676. The molecule has 3 rings (SSSR count). The number of fused-ring (bicyclic) bond motifs is 1. The Morgan fingerprint density at radius 2 is 2.16 bits per heavy atom. The first-order chi connectivity index (χ1) is 9.24. The van der Waals surface area contributed by atoms with Gasteiger partial charge in [-0.1, -0.05) is 0 Å². The van der Waals surface area contributed by atoms with Gasteiger partial charge in [-0.25, -0.2) is 9.97 Å². The fourth-order valence-electron chi connectivity index (χ4n) is 2.36. The summed E-state index contributed by atoms with van der Waals surface area (Å²) in [7, 11) is 0. The number of hydrogen-bond acceptors (Lipinski definition) is 4. The summed E-state index contributed by atoms with van der Waals surface area (Å²) in [5, 5.41) is 4.35. The Hall–Kier alpha value is -2.23. The van der Waals surface area contributed by atoms with Gasteiger partial charge >= 0.3 is 0 Å². The van der Waals surface area contributed by atoms with Crippen molar-refractivity contribution in [1.82, 2.24) is 9.97 Å². The fourth-order valence-corrected chi connectivity index (χ4v) is 2.36. The minimum Gasteiger partial charge on any atom is -0.359 e. The summed E-state index contributed by atoms with van der Waals surface area (Å²) in [5.41, 5.74) is 3.79. The summed E-state index contributed by atoms with van der Waals surface area (Å²) in [4.78, 5) is 19.9. The van der Waals surface area contributed by atoms with Crippen molar-refractivity contribution in [3.63, 3.8) is 0 Å². The van der Waals surface area contributed by atoms with Crippen LogP contribution >= 0.6 is 0 Å². The molecule has 0 saturated heterocycles. The summed E-state index contributed by atoms with van der Waals surface area (Å²) in [6.07, 6.45) is 5.86. The second-order valence-corrected chi connectivity index (χ2v) is 4.80. The highest BCUT2D eigenvalue weighted by Gasteiger charge is 2.16. The molecule has 1 aromatic carbocycles. The van der Waals surface area contributed by atoms with Gasteiger partial charge < -0.3 is 5.32 Å². The number of ketones is 1. The van der Waals surface area contributed by atoms with Gasteiger partial charge in [0.2, 0.25) is 0 Å². The first-order valence-corrected chi connectivity index (χ1v) is 6.44. The van der Waals surface area contributed by atoms with E-state index in [4.69, 9.17) is 0 Å². The van der Waals surface area contributed by atoms with Gasteiger partial charge in [-0.05, 0) is 38.0 Å². The predicted molar refractivity (Wildman–Crippen MR) is 74.7 cm³/mol. The Balaban J connectivity index is 1.93. The Labute approximate surface area is 111 Å². The number of Topliss-reactive ketones (excluding diaryl/α,β-unsaturated/α-hetero) is 1. The molecular weight excluding hydrogens is 238 g/mol. The molecule has 96 valence electrons. The molecule has 1 aromatic heterocycles. The van der Waals surface area contributed by atoms with Crippen LogP contribution in [-0.2, 0) is 4.79 Å². The van der Waals surface area contributed by atoms with Gasteiger partial charge in [-0.3, -0.25) is 4.79 Å². The van der Waals surface area contributed by atoms with E-state index in [-0.39, 0.29) is 5.78 Å². The largest absolute Gasteiger partial charge is 0.359 e. The molecule has 1 aliphatic rings. The molecule has 1 N–H and O–H groups in total. The van der Waals surface area contributed by atoms with Crippen molar-refractivity contribution in [2.24, 2.45) is 0 Å². The molecule has 2 aromatic rings. The number of allylic oxidation sites excluding steroid dienone is 2. The molecule has 0 radical (unpaired) electrons. The second-order valence-electron chi connectivity index (χ2n) is 4.80. The van der Waals surface area contributed by atoms with E-state index in [1.165, 1.54) is 0 Å².